The molecular formula is C14H22N2O3. The van der Waals surface area contributed by atoms with Gasteiger partial charge >= 0.3 is 0 Å². The van der Waals surface area contributed by atoms with Gasteiger partial charge in [-0.05, 0) is 13.0 Å². The van der Waals surface area contributed by atoms with E-state index in [4.69, 9.17) is 9.47 Å². The van der Waals surface area contributed by atoms with E-state index >= 15 is 0 Å². The number of likely N-dealkylation sites (N-methyl/N-ethyl adjacent to an activating group) is 1. The monoisotopic (exact) mass is 266 g/mol. The number of amides is 1. The second-order valence-corrected chi connectivity index (χ2v) is 4.15. The number of carbonyl (C=O) groups excluding carboxylic acids is 1. The molecule has 0 aromatic heterocycles. The average Bonchev–Trinajstić information content (AvgIpc) is 2.44. The minimum Gasteiger partial charge on any atom is -0.481 e. The molecule has 1 rings (SSSR count). The van der Waals surface area contributed by atoms with Crippen molar-refractivity contribution in [1.29, 1.82) is 0 Å². The van der Waals surface area contributed by atoms with E-state index in [0.29, 0.717) is 13.2 Å². The molecule has 1 aromatic rings. The van der Waals surface area contributed by atoms with Crippen LogP contribution in [0.2, 0.25) is 0 Å². The van der Waals surface area contributed by atoms with Crippen LogP contribution < -0.4 is 15.4 Å². The van der Waals surface area contributed by atoms with Gasteiger partial charge in [-0.25, -0.2) is 0 Å². The van der Waals surface area contributed by atoms with Gasteiger partial charge in [-0.15, -0.1) is 0 Å². The van der Waals surface area contributed by atoms with Crippen LogP contribution in [0.3, 0.4) is 0 Å². The van der Waals surface area contributed by atoms with Gasteiger partial charge in [-0.2, -0.15) is 0 Å². The lowest BCUT2D eigenvalue weighted by molar-refractivity contribution is -0.126. The summed E-state index contributed by atoms with van der Waals surface area (Å²) >= 11 is 0. The zero-order chi connectivity index (χ0) is 14.1. The first-order valence-electron chi connectivity index (χ1n) is 6.34. The van der Waals surface area contributed by atoms with Gasteiger partial charge in [0.1, 0.15) is 5.75 Å². The Morgan fingerprint density at radius 2 is 2.11 bits per heavy atom. The largest absolute Gasteiger partial charge is 0.481 e. The molecule has 0 aliphatic heterocycles. The van der Waals surface area contributed by atoms with Gasteiger partial charge in [-0.3, -0.25) is 4.79 Å². The zero-order valence-electron chi connectivity index (χ0n) is 11.7. The van der Waals surface area contributed by atoms with Gasteiger partial charge in [-0.1, -0.05) is 18.2 Å². The first-order chi connectivity index (χ1) is 9.19. The van der Waals surface area contributed by atoms with Crippen molar-refractivity contribution in [3.63, 3.8) is 0 Å². The highest BCUT2D eigenvalue weighted by Gasteiger charge is 2.14. The Balaban J connectivity index is 2.59. The summed E-state index contributed by atoms with van der Waals surface area (Å²) in [6.45, 7) is 3.85. The van der Waals surface area contributed by atoms with Crippen LogP contribution in [0.15, 0.2) is 24.3 Å². The number of ether oxygens (including phenoxy) is 2. The number of para-hydroxylation sites is 1. The summed E-state index contributed by atoms with van der Waals surface area (Å²) in [7, 11) is 3.27. The Bertz CT molecular complexity index is 396. The Labute approximate surface area is 114 Å². The Morgan fingerprint density at radius 3 is 2.79 bits per heavy atom. The Hall–Kier alpha value is -1.59. The lowest BCUT2D eigenvalue weighted by Crippen LogP contribution is -2.34. The van der Waals surface area contributed by atoms with Crippen molar-refractivity contribution in [3.8, 4) is 5.75 Å². The van der Waals surface area contributed by atoms with Crippen molar-refractivity contribution in [3.05, 3.63) is 29.8 Å². The molecule has 0 radical (unpaired) electrons. The number of carbonyl (C=O) groups is 1. The van der Waals surface area contributed by atoms with Crippen molar-refractivity contribution < 1.29 is 14.3 Å². The molecular weight excluding hydrogens is 244 g/mol. The van der Waals surface area contributed by atoms with E-state index in [1.165, 1.54) is 0 Å². The maximum absolute atomic E-state index is 11.5. The van der Waals surface area contributed by atoms with Crippen LogP contribution >= 0.6 is 0 Å². The first-order valence-corrected chi connectivity index (χ1v) is 6.34. The lowest BCUT2D eigenvalue weighted by atomic mass is 10.2. The van der Waals surface area contributed by atoms with Crippen LogP contribution in [-0.4, -0.2) is 39.3 Å². The molecule has 0 heterocycles. The van der Waals surface area contributed by atoms with Gasteiger partial charge in [0.25, 0.3) is 5.91 Å². The maximum atomic E-state index is 11.5. The predicted octanol–water partition coefficient (Wildman–Crippen LogP) is 0.936. The molecule has 0 aliphatic carbocycles. The van der Waals surface area contributed by atoms with Gasteiger partial charge < -0.3 is 20.1 Å². The molecule has 1 amide bonds. The molecule has 5 heteroatoms. The van der Waals surface area contributed by atoms with Gasteiger partial charge in [0.15, 0.2) is 6.10 Å². The number of benzene rings is 1. The van der Waals surface area contributed by atoms with Crippen molar-refractivity contribution >= 4 is 5.91 Å². The molecule has 2 N–H and O–H groups in total. The van der Waals surface area contributed by atoms with E-state index in [-0.39, 0.29) is 5.91 Å². The molecule has 1 unspecified atom stereocenters. The number of rotatable bonds is 8. The third-order valence-electron chi connectivity index (χ3n) is 2.69. The van der Waals surface area contributed by atoms with Crippen LogP contribution in [0.25, 0.3) is 0 Å². The van der Waals surface area contributed by atoms with Gasteiger partial charge in [0.05, 0.1) is 6.61 Å². The summed E-state index contributed by atoms with van der Waals surface area (Å²) < 4.78 is 10.6. The van der Waals surface area contributed by atoms with Crippen LogP contribution in [0.5, 0.6) is 5.75 Å². The summed E-state index contributed by atoms with van der Waals surface area (Å²) in [5.41, 5.74) is 1.02. The second-order valence-electron chi connectivity index (χ2n) is 4.15. The normalized spacial score (nSPS) is 11.9. The molecule has 0 fully saturated rings. The molecule has 0 aliphatic rings. The van der Waals surface area contributed by atoms with E-state index in [1.807, 2.05) is 24.3 Å². The molecule has 106 valence electrons. The summed E-state index contributed by atoms with van der Waals surface area (Å²) in [4.78, 5) is 11.5. The minimum atomic E-state index is -0.509. The van der Waals surface area contributed by atoms with Crippen molar-refractivity contribution in [1.82, 2.24) is 10.6 Å². The molecule has 0 bridgehead atoms. The van der Waals surface area contributed by atoms with Gasteiger partial charge in [0.2, 0.25) is 0 Å². The van der Waals surface area contributed by atoms with Crippen LogP contribution in [0.4, 0.5) is 0 Å². The van der Waals surface area contributed by atoms with Crippen LogP contribution in [-0.2, 0) is 16.1 Å². The molecule has 0 spiro atoms. The highest BCUT2D eigenvalue weighted by Crippen LogP contribution is 2.19. The standard InChI is InChI=1S/C14H22N2O3/c1-11(14(17)15-2)19-13-7-5-4-6-12(13)10-16-8-9-18-3/h4-7,11,16H,8-10H2,1-3H3,(H,15,17). The van der Waals surface area contributed by atoms with Crippen LogP contribution in [0.1, 0.15) is 12.5 Å². The molecule has 0 saturated carbocycles. The van der Waals surface area contributed by atoms with E-state index < -0.39 is 6.10 Å². The second kappa shape index (κ2) is 8.50. The summed E-state index contributed by atoms with van der Waals surface area (Å²) in [5.74, 6) is 0.589. The summed E-state index contributed by atoms with van der Waals surface area (Å²) in [6.07, 6.45) is -0.509. The highest BCUT2D eigenvalue weighted by molar-refractivity contribution is 5.80. The number of hydrogen-bond donors (Lipinski definition) is 2. The SMILES string of the molecule is CNC(=O)C(C)Oc1ccccc1CNCCOC. The third-order valence-corrected chi connectivity index (χ3v) is 2.69. The van der Waals surface area contributed by atoms with Crippen molar-refractivity contribution in [2.75, 3.05) is 27.3 Å². The fourth-order valence-corrected chi connectivity index (χ4v) is 1.61. The Morgan fingerprint density at radius 1 is 1.37 bits per heavy atom. The third kappa shape index (κ3) is 5.28. The lowest BCUT2D eigenvalue weighted by Gasteiger charge is -2.16. The van der Waals surface area contributed by atoms with Crippen molar-refractivity contribution in [2.45, 2.75) is 19.6 Å². The fraction of sp³-hybridized carbons (Fsp3) is 0.500. The average molecular weight is 266 g/mol. The van der Waals surface area contributed by atoms with E-state index in [0.717, 1.165) is 17.9 Å². The first kappa shape index (κ1) is 15.5. The van der Waals surface area contributed by atoms with E-state index in [2.05, 4.69) is 10.6 Å². The van der Waals surface area contributed by atoms with Crippen molar-refractivity contribution in [2.24, 2.45) is 0 Å². The quantitative estimate of drug-likeness (QED) is 0.687. The fourth-order valence-electron chi connectivity index (χ4n) is 1.61. The zero-order valence-corrected chi connectivity index (χ0v) is 11.7. The molecule has 5 nitrogen and oxygen atoms in total. The summed E-state index contributed by atoms with van der Waals surface area (Å²) in [5, 5.41) is 5.82. The molecule has 1 atom stereocenters. The topological polar surface area (TPSA) is 59.6 Å². The van der Waals surface area contributed by atoms with E-state index in [9.17, 15) is 4.79 Å². The number of nitrogens with one attached hydrogen (secondary N) is 2. The number of methoxy groups -OCH3 is 1. The maximum Gasteiger partial charge on any atom is 0.260 e. The van der Waals surface area contributed by atoms with Gasteiger partial charge in [0, 0.05) is 32.8 Å². The minimum absolute atomic E-state index is 0.137. The smallest absolute Gasteiger partial charge is 0.260 e. The number of hydrogen-bond acceptors (Lipinski definition) is 4. The molecule has 1 aromatic carbocycles. The predicted molar refractivity (Wildman–Crippen MR) is 74.2 cm³/mol. The van der Waals surface area contributed by atoms with Crippen LogP contribution in [0, 0.1) is 0 Å². The molecule has 19 heavy (non-hydrogen) atoms. The highest BCUT2D eigenvalue weighted by atomic mass is 16.5. The Kier molecular flexibility index (Phi) is 6.92. The van der Waals surface area contributed by atoms with E-state index in [1.54, 1.807) is 21.1 Å². The summed E-state index contributed by atoms with van der Waals surface area (Å²) in [6, 6.07) is 7.69. The molecule has 0 saturated heterocycles.